The molecule has 0 aliphatic carbocycles. The molecule has 12 nitrogen and oxygen atoms in total. The fourth-order valence-corrected chi connectivity index (χ4v) is 8.13. The van der Waals surface area contributed by atoms with E-state index in [2.05, 4.69) is 142 Å². The Balaban J connectivity index is 2.75. The van der Waals surface area contributed by atoms with Crippen LogP contribution >= 0.6 is 0 Å². The number of esters is 3. The molecule has 12 heteroatoms. The number of carbonyl (C=O) groups is 4. The summed E-state index contributed by atoms with van der Waals surface area (Å²) in [7, 11) is 0. The zero-order valence-electron chi connectivity index (χ0n) is 48.8. The van der Waals surface area contributed by atoms with E-state index in [0.717, 1.165) is 122 Å². The molecule has 1 rings (SSSR count). The van der Waals surface area contributed by atoms with E-state index in [0.29, 0.717) is 25.7 Å². The van der Waals surface area contributed by atoms with Crippen molar-refractivity contribution in [3.63, 3.8) is 0 Å². The van der Waals surface area contributed by atoms with Crippen molar-refractivity contribution in [2.24, 2.45) is 0 Å². The van der Waals surface area contributed by atoms with E-state index in [1.807, 2.05) is 12.2 Å². The molecule has 6 unspecified atom stereocenters. The van der Waals surface area contributed by atoms with Crippen molar-refractivity contribution in [1.82, 2.24) is 0 Å². The van der Waals surface area contributed by atoms with E-state index in [4.69, 9.17) is 23.7 Å². The van der Waals surface area contributed by atoms with Crippen molar-refractivity contribution in [2.75, 3.05) is 13.2 Å². The van der Waals surface area contributed by atoms with Crippen LogP contribution in [-0.2, 0) is 42.9 Å². The Morgan fingerprint density at radius 1 is 0.430 bits per heavy atom. The Bertz CT molecular complexity index is 1880. The van der Waals surface area contributed by atoms with E-state index >= 15 is 0 Å². The molecule has 0 aromatic heterocycles. The van der Waals surface area contributed by atoms with E-state index < -0.39 is 67.3 Å². The second-order valence-electron chi connectivity index (χ2n) is 19.9. The summed E-state index contributed by atoms with van der Waals surface area (Å²) in [6.45, 7) is 5.65. The van der Waals surface area contributed by atoms with Gasteiger partial charge in [-0.05, 0) is 128 Å². The summed E-state index contributed by atoms with van der Waals surface area (Å²) in [5, 5.41) is 31.5. The largest absolute Gasteiger partial charge is 0.479 e. The smallest absolute Gasteiger partial charge is 0.335 e. The average Bonchev–Trinajstić information content (AvgIpc) is 3.46. The predicted octanol–water partition coefficient (Wildman–Crippen LogP) is 15.8. The van der Waals surface area contributed by atoms with Crippen LogP contribution < -0.4 is 0 Å². The van der Waals surface area contributed by atoms with Crippen molar-refractivity contribution in [3.8, 4) is 0 Å². The number of allylic oxidation sites excluding steroid dienone is 22. The van der Waals surface area contributed by atoms with Gasteiger partial charge in [-0.25, -0.2) is 4.79 Å². The molecule has 0 amide bonds. The van der Waals surface area contributed by atoms with Gasteiger partial charge in [-0.15, -0.1) is 0 Å². The molecular weight excluding hydrogens is 997 g/mol. The number of aliphatic carboxylic acids is 1. The Labute approximate surface area is 477 Å². The van der Waals surface area contributed by atoms with Crippen LogP contribution in [0.5, 0.6) is 0 Å². The van der Waals surface area contributed by atoms with Crippen LogP contribution in [-0.4, -0.2) is 89.2 Å². The maximum atomic E-state index is 13.1. The van der Waals surface area contributed by atoms with Gasteiger partial charge in [0.2, 0.25) is 0 Å². The molecule has 3 N–H and O–H groups in total. The summed E-state index contributed by atoms with van der Waals surface area (Å²) in [4.78, 5) is 51.2. The van der Waals surface area contributed by atoms with Crippen LogP contribution in [0.15, 0.2) is 134 Å². The zero-order chi connectivity index (χ0) is 57.5. The third-order valence-corrected chi connectivity index (χ3v) is 12.7. The van der Waals surface area contributed by atoms with Crippen LogP contribution in [0.2, 0.25) is 0 Å². The van der Waals surface area contributed by atoms with Crippen molar-refractivity contribution in [2.45, 2.75) is 250 Å². The lowest BCUT2D eigenvalue weighted by Crippen LogP contribution is -2.61. The first-order valence-corrected chi connectivity index (χ1v) is 30.2. The van der Waals surface area contributed by atoms with E-state index in [9.17, 15) is 34.5 Å². The zero-order valence-corrected chi connectivity index (χ0v) is 48.8. The van der Waals surface area contributed by atoms with Crippen molar-refractivity contribution in [1.29, 1.82) is 0 Å². The Morgan fingerprint density at radius 3 is 1.27 bits per heavy atom. The highest BCUT2D eigenvalue weighted by Gasteiger charge is 2.50. The molecule has 6 atom stereocenters. The quantitative estimate of drug-likeness (QED) is 0.0228. The minimum Gasteiger partial charge on any atom is -0.479 e. The minimum absolute atomic E-state index is 0.00970. The molecule has 79 heavy (non-hydrogen) atoms. The molecule has 0 aromatic rings. The molecule has 1 heterocycles. The molecule has 1 aliphatic rings. The maximum absolute atomic E-state index is 13.1. The molecule has 1 aliphatic heterocycles. The number of ether oxygens (including phenoxy) is 5. The summed E-state index contributed by atoms with van der Waals surface area (Å²) in [6.07, 6.45) is 62.8. The number of rotatable bonds is 49. The van der Waals surface area contributed by atoms with Gasteiger partial charge in [0.1, 0.15) is 18.8 Å². The molecule has 0 radical (unpaired) electrons. The molecule has 0 aromatic carbocycles. The van der Waals surface area contributed by atoms with Crippen LogP contribution in [0, 0.1) is 0 Å². The number of hydrogen-bond donors (Lipinski definition) is 3. The Hall–Kier alpha value is -5.14. The normalized spacial score (nSPS) is 18.8. The molecule has 444 valence electrons. The number of carboxylic acids is 1. The third kappa shape index (κ3) is 43.4. The standard InChI is InChI=1S/C67H104O12/c1-4-7-10-13-16-19-22-25-27-29-30-32-33-36-38-41-44-47-50-53-59(68)75-56-58(77-60(69)54-51-48-45-42-40-37-34-31-28-26-23-20-17-14-11-8-5-2)57-76-67-65(63(72)62(71)64(79-67)66(73)74)78-61(70)55-52-49-46-43-39-35-24-21-18-15-12-9-6-3/h8-9,11-12,16-21,25-28,30,32,34-35,37,39,42,45,58,62-65,67,71-72H,4-7,10,13-15,22-24,29,31,33,36,38,40-41,43-44,46-57H2,1-3H3,(H,73,74)/b11-8-,12-9-,19-16-,20-17-,21-18-,27-25-,28-26-,32-30-,37-34-,39-35-,45-42-. The van der Waals surface area contributed by atoms with Crippen molar-refractivity contribution < 1.29 is 58.2 Å². The van der Waals surface area contributed by atoms with Gasteiger partial charge in [0, 0.05) is 19.3 Å². The highest BCUT2D eigenvalue weighted by molar-refractivity contribution is 5.74. The molecule has 0 bridgehead atoms. The summed E-state index contributed by atoms with van der Waals surface area (Å²) >= 11 is 0. The maximum Gasteiger partial charge on any atom is 0.335 e. The summed E-state index contributed by atoms with van der Waals surface area (Å²) in [6, 6.07) is 0. The van der Waals surface area contributed by atoms with Gasteiger partial charge >= 0.3 is 23.9 Å². The van der Waals surface area contributed by atoms with Gasteiger partial charge in [-0.2, -0.15) is 0 Å². The summed E-state index contributed by atoms with van der Waals surface area (Å²) in [5.74, 6) is -3.28. The lowest BCUT2D eigenvalue weighted by molar-refractivity contribution is -0.301. The molecular formula is C67H104O12. The van der Waals surface area contributed by atoms with Crippen molar-refractivity contribution in [3.05, 3.63) is 134 Å². The van der Waals surface area contributed by atoms with Crippen LogP contribution in [0.3, 0.4) is 0 Å². The van der Waals surface area contributed by atoms with E-state index in [-0.39, 0.29) is 25.9 Å². The number of carbonyl (C=O) groups excluding carboxylic acids is 3. The first kappa shape index (κ1) is 71.9. The van der Waals surface area contributed by atoms with Crippen LogP contribution in [0.1, 0.15) is 213 Å². The first-order chi connectivity index (χ1) is 38.6. The predicted molar refractivity (Wildman–Crippen MR) is 321 cm³/mol. The van der Waals surface area contributed by atoms with Gasteiger partial charge in [-0.1, -0.05) is 199 Å². The molecule has 1 saturated heterocycles. The summed E-state index contributed by atoms with van der Waals surface area (Å²) in [5.41, 5.74) is 0. The van der Waals surface area contributed by atoms with Gasteiger partial charge in [0.25, 0.3) is 0 Å². The van der Waals surface area contributed by atoms with Gasteiger partial charge in [0.15, 0.2) is 24.6 Å². The van der Waals surface area contributed by atoms with Crippen molar-refractivity contribution >= 4 is 23.9 Å². The Kier molecular flexibility index (Phi) is 48.7. The minimum atomic E-state index is -1.93. The number of hydrogen-bond acceptors (Lipinski definition) is 11. The molecule has 0 saturated carbocycles. The number of aliphatic hydroxyl groups excluding tert-OH is 2. The fraction of sp³-hybridized carbons (Fsp3) is 0.612. The first-order valence-electron chi connectivity index (χ1n) is 30.2. The lowest BCUT2D eigenvalue weighted by atomic mass is 9.98. The topological polar surface area (TPSA) is 175 Å². The van der Waals surface area contributed by atoms with Crippen LogP contribution in [0.4, 0.5) is 0 Å². The van der Waals surface area contributed by atoms with E-state index in [1.165, 1.54) is 25.7 Å². The number of unbranched alkanes of at least 4 members (excludes halogenated alkanes) is 13. The third-order valence-electron chi connectivity index (χ3n) is 12.7. The number of carboxylic acid groups (broad SMARTS) is 1. The number of aliphatic hydroxyl groups is 2. The van der Waals surface area contributed by atoms with E-state index in [1.54, 1.807) is 0 Å². The Morgan fingerprint density at radius 2 is 0.810 bits per heavy atom. The van der Waals surface area contributed by atoms with Gasteiger partial charge < -0.3 is 39.0 Å². The van der Waals surface area contributed by atoms with Crippen LogP contribution in [0.25, 0.3) is 0 Å². The molecule has 0 spiro atoms. The molecule has 1 fully saturated rings. The summed E-state index contributed by atoms with van der Waals surface area (Å²) < 4.78 is 28.3. The highest BCUT2D eigenvalue weighted by atomic mass is 16.7. The second kappa shape index (κ2) is 53.5. The lowest BCUT2D eigenvalue weighted by Gasteiger charge is -2.40. The monoisotopic (exact) mass is 1100 g/mol. The second-order valence-corrected chi connectivity index (χ2v) is 19.9. The van der Waals surface area contributed by atoms with Gasteiger partial charge in [-0.3, -0.25) is 14.4 Å². The fourth-order valence-electron chi connectivity index (χ4n) is 8.13. The highest BCUT2D eigenvalue weighted by Crippen LogP contribution is 2.26. The van der Waals surface area contributed by atoms with Gasteiger partial charge in [0.05, 0.1) is 6.61 Å². The average molecular weight is 1100 g/mol. The SMILES string of the molecule is CC/C=C\C/C=C\C/C=C\C/C=C\C/C=C\CCCC(=O)OC(COC(=O)CCCCCCCC/C=C\C/C=C\C/C=C\CCCCC)COC1OC(C(=O)O)C(O)C(O)C1OC(=O)CCCCC/C=C\C/C=C\C/C=C\CC.